The van der Waals surface area contributed by atoms with E-state index in [0.717, 1.165) is 0 Å². The van der Waals surface area contributed by atoms with Gasteiger partial charge >= 0.3 is 0 Å². The van der Waals surface area contributed by atoms with Crippen LogP contribution in [0.5, 0.6) is 11.5 Å². The Morgan fingerprint density at radius 3 is 2.43 bits per heavy atom. The maximum atomic E-state index is 12.0. The summed E-state index contributed by atoms with van der Waals surface area (Å²) in [7, 11) is 0. The van der Waals surface area contributed by atoms with Crippen LogP contribution in [0.3, 0.4) is 0 Å². The van der Waals surface area contributed by atoms with Gasteiger partial charge in [-0.05, 0) is 5.92 Å². The molecule has 1 N–H and O–H groups in total. The number of hydrogen-bond acceptors (Lipinski definition) is 5. The molecule has 0 spiro atoms. The van der Waals surface area contributed by atoms with E-state index >= 15 is 0 Å². The molecule has 0 radical (unpaired) electrons. The van der Waals surface area contributed by atoms with Gasteiger partial charge in [0.05, 0.1) is 15.8 Å². The second-order valence-corrected chi connectivity index (χ2v) is 5.89. The number of nitrogens with zero attached hydrogens (tertiary/aromatic N) is 1. The molecule has 1 aromatic carbocycles. The molecule has 8 heteroatoms. The number of rotatable bonds is 4. The molecule has 2 rings (SSSR count). The fourth-order valence-electron chi connectivity index (χ4n) is 1.83. The Hall–Kier alpha value is -1.83. The highest BCUT2D eigenvalue weighted by Crippen LogP contribution is 2.39. The summed E-state index contributed by atoms with van der Waals surface area (Å²) >= 11 is 3.26. The van der Waals surface area contributed by atoms with E-state index in [2.05, 4.69) is 21.2 Å². The van der Waals surface area contributed by atoms with Crippen LogP contribution in [-0.2, 0) is 4.79 Å². The Kier molecular flexibility index (Phi) is 4.66. The first-order valence-electron chi connectivity index (χ1n) is 6.43. The molecule has 1 unspecified atom stereocenters. The number of benzene rings is 1. The minimum absolute atomic E-state index is 0.0567. The number of nitrogens with one attached hydrogen (secondary N) is 1. The summed E-state index contributed by atoms with van der Waals surface area (Å²) in [5.41, 5.74) is -0.129. The number of nitro benzene ring substituents is 1. The van der Waals surface area contributed by atoms with E-state index in [1.807, 2.05) is 13.8 Å². The van der Waals surface area contributed by atoms with Gasteiger partial charge in [-0.1, -0.05) is 29.8 Å². The van der Waals surface area contributed by atoms with E-state index in [1.165, 1.54) is 12.1 Å². The van der Waals surface area contributed by atoms with Gasteiger partial charge in [-0.3, -0.25) is 14.9 Å². The standard InChI is InChI=1S/C13H15BrN2O5/c1-7(2)12(14)13(17)15-8-5-10-11(21-4-3-20-10)6-9(8)16(18)19/h5-7,12H,3-4H2,1-2H3,(H,15,17). The van der Waals surface area contributed by atoms with Gasteiger partial charge < -0.3 is 14.8 Å². The maximum Gasteiger partial charge on any atom is 0.296 e. The van der Waals surface area contributed by atoms with E-state index in [1.54, 1.807) is 0 Å². The summed E-state index contributed by atoms with van der Waals surface area (Å²) in [4.78, 5) is 22.2. The second kappa shape index (κ2) is 6.30. The Bertz CT molecular complexity index is 576. The molecular weight excluding hydrogens is 344 g/mol. The van der Waals surface area contributed by atoms with Gasteiger partial charge in [0, 0.05) is 6.07 Å². The third kappa shape index (κ3) is 3.44. The van der Waals surface area contributed by atoms with Crippen molar-refractivity contribution in [1.29, 1.82) is 0 Å². The maximum absolute atomic E-state index is 12.0. The van der Waals surface area contributed by atoms with Crippen LogP contribution >= 0.6 is 15.9 Å². The number of alkyl halides is 1. The number of carbonyl (C=O) groups excluding carboxylic acids is 1. The Morgan fingerprint density at radius 2 is 1.90 bits per heavy atom. The van der Waals surface area contributed by atoms with Crippen LogP contribution in [0.1, 0.15) is 13.8 Å². The molecule has 0 saturated heterocycles. The van der Waals surface area contributed by atoms with Gasteiger partial charge in [-0.15, -0.1) is 0 Å². The topological polar surface area (TPSA) is 90.7 Å². The van der Waals surface area contributed by atoms with Crippen molar-refractivity contribution in [3.63, 3.8) is 0 Å². The molecular formula is C13H15BrN2O5. The first kappa shape index (κ1) is 15.6. The fourth-order valence-corrected chi connectivity index (χ4v) is 1.95. The van der Waals surface area contributed by atoms with E-state index in [9.17, 15) is 14.9 Å². The molecule has 1 atom stereocenters. The van der Waals surface area contributed by atoms with Crippen molar-refractivity contribution >= 4 is 33.2 Å². The van der Waals surface area contributed by atoms with Crippen LogP contribution in [0, 0.1) is 16.0 Å². The van der Waals surface area contributed by atoms with Gasteiger partial charge in [-0.25, -0.2) is 0 Å². The monoisotopic (exact) mass is 358 g/mol. The summed E-state index contributed by atoms with van der Waals surface area (Å²) in [5, 5.41) is 13.7. The number of fused-ring (bicyclic) bond motifs is 1. The minimum atomic E-state index is -0.563. The van der Waals surface area contributed by atoms with E-state index in [4.69, 9.17) is 9.47 Å². The largest absolute Gasteiger partial charge is 0.486 e. The zero-order valence-corrected chi connectivity index (χ0v) is 13.2. The minimum Gasteiger partial charge on any atom is -0.486 e. The zero-order chi connectivity index (χ0) is 15.6. The number of carbonyl (C=O) groups is 1. The summed E-state index contributed by atoms with van der Waals surface area (Å²) in [6.07, 6.45) is 0. The first-order chi connectivity index (χ1) is 9.90. The average molecular weight is 359 g/mol. The highest BCUT2D eigenvalue weighted by Gasteiger charge is 2.26. The number of hydrogen-bond donors (Lipinski definition) is 1. The van der Waals surface area contributed by atoms with Gasteiger partial charge in [0.15, 0.2) is 11.5 Å². The molecule has 1 aliphatic rings. The fraction of sp³-hybridized carbons (Fsp3) is 0.462. The van der Waals surface area contributed by atoms with Crippen molar-refractivity contribution in [2.24, 2.45) is 5.92 Å². The molecule has 0 aliphatic carbocycles. The number of halogens is 1. The predicted octanol–water partition coefficient (Wildman–Crippen LogP) is 2.72. The van der Waals surface area contributed by atoms with Crippen LogP contribution in [0.2, 0.25) is 0 Å². The van der Waals surface area contributed by atoms with Crippen LogP contribution < -0.4 is 14.8 Å². The van der Waals surface area contributed by atoms with Crippen molar-refractivity contribution < 1.29 is 19.2 Å². The first-order valence-corrected chi connectivity index (χ1v) is 7.34. The van der Waals surface area contributed by atoms with E-state index < -0.39 is 9.75 Å². The van der Waals surface area contributed by atoms with Crippen molar-refractivity contribution in [3.05, 3.63) is 22.2 Å². The number of nitro groups is 1. The quantitative estimate of drug-likeness (QED) is 0.507. The molecule has 114 valence electrons. The SMILES string of the molecule is CC(C)C(Br)C(=O)Nc1cc2c(cc1[N+](=O)[O-])OCCO2. The molecule has 1 heterocycles. The summed E-state index contributed by atoms with van der Waals surface area (Å²) in [5.74, 6) is 0.411. The van der Waals surface area contributed by atoms with Crippen LogP contribution in [-0.4, -0.2) is 28.9 Å². The number of ether oxygens (including phenoxy) is 2. The zero-order valence-electron chi connectivity index (χ0n) is 11.6. The molecule has 0 saturated carbocycles. The Balaban J connectivity index is 2.33. The van der Waals surface area contributed by atoms with E-state index in [-0.39, 0.29) is 23.2 Å². The highest BCUT2D eigenvalue weighted by molar-refractivity contribution is 9.10. The lowest BCUT2D eigenvalue weighted by Gasteiger charge is -2.20. The summed E-state index contributed by atoms with van der Waals surface area (Å²) in [6, 6.07) is 2.69. The Morgan fingerprint density at radius 1 is 1.33 bits per heavy atom. The lowest BCUT2D eigenvalue weighted by atomic mass is 10.1. The predicted molar refractivity (Wildman–Crippen MR) is 80.3 cm³/mol. The third-order valence-electron chi connectivity index (χ3n) is 2.95. The number of anilines is 1. The highest BCUT2D eigenvalue weighted by atomic mass is 79.9. The normalized spacial score (nSPS) is 14.7. The van der Waals surface area contributed by atoms with Crippen molar-refractivity contribution in [3.8, 4) is 11.5 Å². The molecule has 0 fully saturated rings. The molecule has 7 nitrogen and oxygen atoms in total. The second-order valence-electron chi connectivity index (χ2n) is 4.91. The van der Waals surface area contributed by atoms with E-state index in [0.29, 0.717) is 24.7 Å². The molecule has 0 bridgehead atoms. The van der Waals surface area contributed by atoms with Crippen LogP contribution in [0.15, 0.2) is 12.1 Å². The van der Waals surface area contributed by atoms with Crippen LogP contribution in [0.4, 0.5) is 11.4 Å². The molecule has 1 amide bonds. The van der Waals surface area contributed by atoms with Crippen molar-refractivity contribution in [1.82, 2.24) is 0 Å². The lowest BCUT2D eigenvalue weighted by molar-refractivity contribution is -0.384. The molecule has 1 aromatic rings. The van der Waals surface area contributed by atoms with Gasteiger partial charge in [0.1, 0.15) is 18.9 Å². The smallest absolute Gasteiger partial charge is 0.296 e. The summed E-state index contributed by atoms with van der Waals surface area (Å²) < 4.78 is 10.7. The average Bonchev–Trinajstić information content (AvgIpc) is 2.45. The van der Waals surface area contributed by atoms with Crippen LogP contribution in [0.25, 0.3) is 0 Å². The Labute approximate surface area is 129 Å². The lowest BCUT2D eigenvalue weighted by Crippen LogP contribution is -2.27. The molecule has 1 aliphatic heterocycles. The van der Waals surface area contributed by atoms with Gasteiger partial charge in [0.25, 0.3) is 5.69 Å². The van der Waals surface area contributed by atoms with Gasteiger partial charge in [0.2, 0.25) is 5.91 Å². The molecule has 21 heavy (non-hydrogen) atoms. The number of amides is 1. The van der Waals surface area contributed by atoms with Gasteiger partial charge in [-0.2, -0.15) is 0 Å². The third-order valence-corrected chi connectivity index (χ3v) is 4.42. The van der Waals surface area contributed by atoms with Crippen molar-refractivity contribution in [2.75, 3.05) is 18.5 Å². The summed E-state index contributed by atoms with van der Waals surface area (Å²) in [6.45, 7) is 4.45. The van der Waals surface area contributed by atoms with Crippen molar-refractivity contribution in [2.45, 2.75) is 18.7 Å². The molecule has 0 aromatic heterocycles.